The molecular weight excluding hydrogens is 345 g/mol. The number of aliphatic imine (C=N–C) groups is 1. The van der Waals surface area contributed by atoms with Crippen molar-refractivity contribution in [2.45, 2.75) is 0 Å². The second-order valence-electron chi connectivity index (χ2n) is 5.09. The Bertz CT molecular complexity index is 1040. The molecule has 4 aromatic rings. The second-order valence-corrected chi connectivity index (χ2v) is 5.88. The average molecular weight is 356 g/mol. The third-order valence-corrected chi connectivity index (χ3v) is 4.40. The SMILES string of the molecule is Clc1cccc(C=Nc2c(-c3ccco3)nc3ccccn23)c1Cl. The highest BCUT2D eigenvalue weighted by Gasteiger charge is 2.15. The van der Waals surface area contributed by atoms with E-state index in [0.717, 1.165) is 11.2 Å². The normalized spacial score (nSPS) is 11.6. The predicted octanol–water partition coefficient (Wildman–Crippen LogP) is 5.65. The van der Waals surface area contributed by atoms with E-state index in [1.54, 1.807) is 18.5 Å². The summed E-state index contributed by atoms with van der Waals surface area (Å²) in [6.45, 7) is 0. The number of fused-ring (bicyclic) bond motifs is 1. The quantitative estimate of drug-likeness (QED) is 0.445. The monoisotopic (exact) mass is 355 g/mol. The van der Waals surface area contributed by atoms with Crippen LogP contribution in [0.3, 0.4) is 0 Å². The van der Waals surface area contributed by atoms with Gasteiger partial charge in [-0.1, -0.05) is 41.4 Å². The van der Waals surface area contributed by atoms with Gasteiger partial charge < -0.3 is 4.42 Å². The van der Waals surface area contributed by atoms with Crippen molar-refractivity contribution in [3.8, 4) is 11.5 Å². The molecule has 3 aromatic heterocycles. The fraction of sp³-hybridized carbons (Fsp3) is 0. The van der Waals surface area contributed by atoms with E-state index in [1.165, 1.54) is 0 Å². The van der Waals surface area contributed by atoms with Gasteiger partial charge in [-0.25, -0.2) is 9.98 Å². The van der Waals surface area contributed by atoms with E-state index in [0.29, 0.717) is 27.3 Å². The van der Waals surface area contributed by atoms with Crippen LogP contribution in [0.5, 0.6) is 0 Å². The smallest absolute Gasteiger partial charge is 0.168 e. The van der Waals surface area contributed by atoms with Gasteiger partial charge in [0.2, 0.25) is 0 Å². The van der Waals surface area contributed by atoms with E-state index in [2.05, 4.69) is 9.98 Å². The van der Waals surface area contributed by atoms with Crippen LogP contribution in [0.1, 0.15) is 5.56 Å². The molecule has 0 spiro atoms. The zero-order valence-electron chi connectivity index (χ0n) is 12.4. The van der Waals surface area contributed by atoms with Crippen molar-refractivity contribution in [3.05, 3.63) is 76.6 Å². The molecule has 6 heteroatoms. The molecule has 0 saturated carbocycles. The Hall–Kier alpha value is -2.56. The standard InChI is InChI=1S/C18H11Cl2N3O/c19-13-6-3-5-12(16(13)20)11-21-18-17(14-7-4-10-24-14)22-15-8-1-2-9-23(15)18/h1-11H. The fourth-order valence-corrected chi connectivity index (χ4v) is 2.79. The molecule has 0 saturated heterocycles. The highest BCUT2D eigenvalue weighted by Crippen LogP contribution is 2.32. The van der Waals surface area contributed by atoms with Gasteiger partial charge in [-0.15, -0.1) is 0 Å². The van der Waals surface area contributed by atoms with Crippen molar-refractivity contribution in [3.63, 3.8) is 0 Å². The number of furan rings is 1. The van der Waals surface area contributed by atoms with E-state index >= 15 is 0 Å². The van der Waals surface area contributed by atoms with E-state index in [1.807, 2.05) is 53.1 Å². The van der Waals surface area contributed by atoms with Crippen molar-refractivity contribution < 1.29 is 4.42 Å². The number of nitrogens with zero attached hydrogens (tertiary/aromatic N) is 3. The molecule has 3 heterocycles. The lowest BCUT2D eigenvalue weighted by Crippen LogP contribution is -1.86. The lowest BCUT2D eigenvalue weighted by atomic mass is 10.2. The minimum absolute atomic E-state index is 0.469. The molecule has 0 aliphatic carbocycles. The number of imidazole rings is 1. The molecule has 1 aromatic carbocycles. The van der Waals surface area contributed by atoms with Gasteiger partial charge in [-0.05, 0) is 30.3 Å². The van der Waals surface area contributed by atoms with E-state index in [4.69, 9.17) is 27.6 Å². The van der Waals surface area contributed by atoms with Crippen LogP contribution >= 0.6 is 23.2 Å². The Morgan fingerprint density at radius 2 is 1.96 bits per heavy atom. The van der Waals surface area contributed by atoms with Crippen molar-refractivity contribution >= 4 is 40.9 Å². The highest BCUT2D eigenvalue weighted by atomic mass is 35.5. The summed E-state index contributed by atoms with van der Waals surface area (Å²) >= 11 is 12.3. The molecule has 0 bridgehead atoms. The van der Waals surface area contributed by atoms with Crippen molar-refractivity contribution in [1.29, 1.82) is 0 Å². The first kappa shape index (κ1) is 15.0. The zero-order chi connectivity index (χ0) is 16.5. The predicted molar refractivity (Wildman–Crippen MR) is 96.6 cm³/mol. The summed E-state index contributed by atoms with van der Waals surface area (Å²) in [5.74, 6) is 1.32. The molecule has 0 atom stereocenters. The summed E-state index contributed by atoms with van der Waals surface area (Å²) in [6.07, 6.45) is 5.19. The molecule has 0 radical (unpaired) electrons. The van der Waals surface area contributed by atoms with Crippen LogP contribution in [-0.2, 0) is 0 Å². The summed E-state index contributed by atoms with van der Waals surface area (Å²) in [5.41, 5.74) is 2.19. The first-order valence-electron chi connectivity index (χ1n) is 7.23. The molecule has 0 amide bonds. The number of aromatic nitrogens is 2. The Labute approximate surface area is 148 Å². The molecule has 4 rings (SSSR count). The van der Waals surface area contributed by atoms with Gasteiger partial charge in [0.25, 0.3) is 0 Å². The number of pyridine rings is 1. The van der Waals surface area contributed by atoms with E-state index in [9.17, 15) is 0 Å². The maximum Gasteiger partial charge on any atom is 0.168 e. The minimum Gasteiger partial charge on any atom is -0.463 e. The number of halogens is 2. The molecule has 0 aliphatic heterocycles. The zero-order valence-corrected chi connectivity index (χ0v) is 13.9. The topological polar surface area (TPSA) is 42.8 Å². The Morgan fingerprint density at radius 1 is 1.04 bits per heavy atom. The molecule has 0 aliphatic rings. The van der Waals surface area contributed by atoms with Crippen LogP contribution in [0, 0.1) is 0 Å². The second kappa shape index (κ2) is 6.15. The fourth-order valence-electron chi connectivity index (χ4n) is 2.44. The Balaban J connectivity index is 1.88. The summed E-state index contributed by atoms with van der Waals surface area (Å²) in [6, 6.07) is 14.9. The molecule has 4 nitrogen and oxygen atoms in total. The summed E-state index contributed by atoms with van der Waals surface area (Å²) in [5, 5.41) is 0.960. The lowest BCUT2D eigenvalue weighted by Gasteiger charge is -2.01. The van der Waals surface area contributed by atoms with Crippen LogP contribution in [-0.4, -0.2) is 15.6 Å². The third-order valence-electron chi connectivity index (χ3n) is 3.57. The van der Waals surface area contributed by atoms with Gasteiger partial charge in [0, 0.05) is 18.0 Å². The molecular formula is C18H11Cl2N3O. The highest BCUT2D eigenvalue weighted by molar-refractivity contribution is 6.43. The van der Waals surface area contributed by atoms with Crippen LogP contribution < -0.4 is 0 Å². The lowest BCUT2D eigenvalue weighted by molar-refractivity contribution is 0.580. The van der Waals surface area contributed by atoms with Crippen molar-refractivity contribution in [2.24, 2.45) is 4.99 Å². The van der Waals surface area contributed by atoms with Gasteiger partial charge in [0.15, 0.2) is 17.3 Å². The molecule has 0 unspecified atom stereocenters. The van der Waals surface area contributed by atoms with Crippen LogP contribution in [0.25, 0.3) is 17.1 Å². The van der Waals surface area contributed by atoms with Crippen molar-refractivity contribution in [2.75, 3.05) is 0 Å². The molecule has 0 N–H and O–H groups in total. The number of hydrogen-bond acceptors (Lipinski definition) is 3. The summed E-state index contributed by atoms with van der Waals surface area (Å²) in [4.78, 5) is 9.20. The van der Waals surface area contributed by atoms with Crippen LogP contribution in [0.2, 0.25) is 10.0 Å². The van der Waals surface area contributed by atoms with Crippen molar-refractivity contribution in [1.82, 2.24) is 9.38 Å². The van der Waals surface area contributed by atoms with E-state index < -0.39 is 0 Å². The van der Waals surface area contributed by atoms with Gasteiger partial charge in [0.1, 0.15) is 5.65 Å². The van der Waals surface area contributed by atoms with Gasteiger partial charge >= 0.3 is 0 Å². The molecule has 118 valence electrons. The first-order valence-corrected chi connectivity index (χ1v) is 7.98. The minimum atomic E-state index is 0.469. The molecule has 0 fully saturated rings. The number of rotatable bonds is 3. The van der Waals surface area contributed by atoms with Gasteiger partial charge in [-0.3, -0.25) is 4.40 Å². The third kappa shape index (κ3) is 2.60. The summed E-state index contributed by atoms with van der Waals surface area (Å²) < 4.78 is 7.38. The van der Waals surface area contributed by atoms with Crippen LogP contribution in [0.15, 0.2) is 70.4 Å². The number of benzene rings is 1. The number of hydrogen-bond donors (Lipinski definition) is 0. The van der Waals surface area contributed by atoms with E-state index in [-0.39, 0.29) is 0 Å². The maximum absolute atomic E-state index is 6.23. The summed E-state index contributed by atoms with van der Waals surface area (Å²) in [7, 11) is 0. The van der Waals surface area contributed by atoms with Gasteiger partial charge in [-0.2, -0.15) is 0 Å². The van der Waals surface area contributed by atoms with Crippen LogP contribution in [0.4, 0.5) is 5.82 Å². The Kier molecular flexibility index (Phi) is 3.84. The average Bonchev–Trinajstić information content (AvgIpc) is 3.23. The van der Waals surface area contributed by atoms with Gasteiger partial charge in [0.05, 0.1) is 16.3 Å². The Morgan fingerprint density at radius 3 is 2.79 bits per heavy atom. The molecule has 24 heavy (non-hydrogen) atoms. The maximum atomic E-state index is 6.23. The first-order chi connectivity index (χ1) is 11.7. The largest absolute Gasteiger partial charge is 0.463 e.